The minimum atomic E-state index is -0.541. The Balaban J connectivity index is 1.37. The summed E-state index contributed by atoms with van der Waals surface area (Å²) >= 11 is 0. The van der Waals surface area contributed by atoms with Crippen molar-refractivity contribution in [3.63, 3.8) is 0 Å². The van der Waals surface area contributed by atoms with Crippen molar-refractivity contribution in [2.24, 2.45) is 0 Å². The maximum absolute atomic E-state index is 8.96. The normalized spacial score (nSPS) is 14.6. The summed E-state index contributed by atoms with van der Waals surface area (Å²) in [6.45, 7) is 4.36. The smallest absolute Gasteiger partial charge is 0.144 e. The van der Waals surface area contributed by atoms with Crippen LogP contribution in [0.2, 0.25) is 0 Å². The molecule has 2 heteroatoms. The third kappa shape index (κ3) is 4.64. The third-order valence-electron chi connectivity index (χ3n) is 9.85. The Kier molecular flexibility index (Phi) is 4.77. The SMILES string of the molecule is [2H]c1c([2H])c([2H])c(-c2cc(-c3c([2H])c([2H])c([2H])c([2H])c3[2H])cc(-c3c4ccccc4c(-c4ccc5c6ccccc6n(C(C)C)c5c4)c4oc5ccccc5c34)c2)c([2H])c1[2H]. The summed E-state index contributed by atoms with van der Waals surface area (Å²) < 4.78 is 95.8. The zero-order valence-electron chi connectivity index (χ0n) is 37.8. The van der Waals surface area contributed by atoms with E-state index in [1.165, 1.54) is 11.5 Å². The average molecular weight is 664 g/mol. The minimum absolute atomic E-state index is 0.0791. The summed E-state index contributed by atoms with van der Waals surface area (Å²) in [7, 11) is 0. The van der Waals surface area contributed by atoms with E-state index >= 15 is 0 Å². The largest absolute Gasteiger partial charge is 0.455 e. The van der Waals surface area contributed by atoms with Crippen molar-refractivity contribution < 1.29 is 18.1 Å². The molecule has 8 aromatic carbocycles. The minimum Gasteiger partial charge on any atom is -0.455 e. The van der Waals surface area contributed by atoms with Crippen LogP contribution in [0.4, 0.5) is 0 Å². The lowest BCUT2D eigenvalue weighted by atomic mass is 9.86. The molecule has 0 fully saturated rings. The summed E-state index contributed by atoms with van der Waals surface area (Å²) in [5.41, 5.74) is 6.81. The predicted molar refractivity (Wildman–Crippen MR) is 216 cm³/mol. The molecule has 0 amide bonds. The van der Waals surface area contributed by atoms with Crippen LogP contribution in [0, 0.1) is 0 Å². The third-order valence-corrected chi connectivity index (χ3v) is 9.85. The van der Waals surface area contributed by atoms with Gasteiger partial charge in [-0.2, -0.15) is 0 Å². The molecular formula is C49H35NO. The van der Waals surface area contributed by atoms with E-state index in [-0.39, 0.29) is 28.3 Å². The molecule has 2 heterocycles. The van der Waals surface area contributed by atoms with Gasteiger partial charge in [0.05, 0.1) is 13.7 Å². The molecule has 0 saturated carbocycles. The first-order valence-corrected chi connectivity index (χ1v) is 17.0. The van der Waals surface area contributed by atoms with Crippen LogP contribution in [-0.2, 0) is 0 Å². The predicted octanol–water partition coefficient (Wildman–Crippen LogP) is 14.1. The molecule has 0 aliphatic rings. The van der Waals surface area contributed by atoms with Crippen molar-refractivity contribution in [2.75, 3.05) is 0 Å². The van der Waals surface area contributed by atoms with E-state index in [1.54, 1.807) is 12.1 Å². The quantitative estimate of drug-likeness (QED) is 0.179. The van der Waals surface area contributed by atoms with Crippen LogP contribution in [0.5, 0.6) is 0 Å². The van der Waals surface area contributed by atoms with E-state index < -0.39 is 60.4 Å². The Hall–Kier alpha value is -6.38. The van der Waals surface area contributed by atoms with Crippen molar-refractivity contribution in [1.29, 1.82) is 0 Å². The highest BCUT2D eigenvalue weighted by Gasteiger charge is 2.24. The molecule has 10 rings (SSSR count). The number of para-hydroxylation sites is 2. The zero-order valence-corrected chi connectivity index (χ0v) is 27.8. The van der Waals surface area contributed by atoms with Gasteiger partial charge in [-0.25, -0.2) is 0 Å². The topological polar surface area (TPSA) is 18.1 Å². The molecule has 10 aromatic rings. The fourth-order valence-corrected chi connectivity index (χ4v) is 7.79. The van der Waals surface area contributed by atoms with Crippen LogP contribution in [0.15, 0.2) is 174 Å². The Morgan fingerprint density at radius 2 is 1.02 bits per heavy atom. The molecule has 0 unspecified atom stereocenters. The van der Waals surface area contributed by atoms with E-state index in [4.69, 9.17) is 18.1 Å². The fourth-order valence-electron chi connectivity index (χ4n) is 7.79. The monoisotopic (exact) mass is 663 g/mol. The molecule has 242 valence electrons. The highest BCUT2D eigenvalue weighted by Crippen LogP contribution is 2.49. The number of aromatic nitrogens is 1. The second-order valence-electron chi connectivity index (χ2n) is 13.1. The molecule has 2 aromatic heterocycles. The van der Waals surface area contributed by atoms with Gasteiger partial charge in [0.15, 0.2) is 0 Å². The van der Waals surface area contributed by atoms with Crippen molar-refractivity contribution in [2.45, 2.75) is 19.9 Å². The number of benzene rings is 8. The Morgan fingerprint density at radius 3 is 1.69 bits per heavy atom. The number of hydrogen-bond acceptors (Lipinski definition) is 1. The van der Waals surface area contributed by atoms with Gasteiger partial charge in [-0.15, -0.1) is 0 Å². The maximum atomic E-state index is 8.96. The number of rotatable bonds is 5. The van der Waals surface area contributed by atoms with Gasteiger partial charge in [0.2, 0.25) is 0 Å². The van der Waals surface area contributed by atoms with Gasteiger partial charge in [-0.05, 0) is 94.4 Å². The van der Waals surface area contributed by atoms with Gasteiger partial charge in [0.25, 0.3) is 0 Å². The molecule has 0 aliphatic heterocycles. The molecule has 2 nitrogen and oxygen atoms in total. The average Bonchev–Trinajstić information content (AvgIpc) is 3.81. The zero-order chi connectivity index (χ0) is 42.8. The van der Waals surface area contributed by atoms with E-state index in [2.05, 4.69) is 60.9 Å². The van der Waals surface area contributed by atoms with Gasteiger partial charge in [0, 0.05) is 49.7 Å². The first-order valence-electron chi connectivity index (χ1n) is 22.0. The van der Waals surface area contributed by atoms with E-state index in [0.29, 0.717) is 22.3 Å². The highest BCUT2D eigenvalue weighted by atomic mass is 16.3. The number of nitrogens with zero attached hydrogens (tertiary/aromatic N) is 1. The highest BCUT2D eigenvalue weighted by molar-refractivity contribution is 6.27. The van der Waals surface area contributed by atoms with Crippen LogP contribution in [0.1, 0.15) is 33.6 Å². The van der Waals surface area contributed by atoms with Gasteiger partial charge in [-0.1, -0.05) is 133 Å². The summed E-state index contributed by atoms with van der Waals surface area (Å²) in [5.74, 6) is 0. The molecule has 0 bridgehead atoms. The standard InChI is InChI=1S/C49H35NO/c1-31(2)50-43-23-13-11-19-38(43)39-26-25-34(30-44(39)50)47-41-21-10-9-20-40(41)46(48-42-22-12-14-24-45(42)51-49(47)48)37-28-35(32-15-5-3-6-16-32)27-36(29-37)33-17-7-4-8-18-33/h3-31H,1-2H3/i3D,4D,5D,6D,7D,8D,15D,16D,17D,18D. The second kappa shape index (κ2) is 11.6. The van der Waals surface area contributed by atoms with E-state index in [1.807, 2.05) is 48.5 Å². The van der Waals surface area contributed by atoms with Crippen molar-refractivity contribution >= 4 is 54.5 Å². The molecular weight excluding hydrogens is 619 g/mol. The van der Waals surface area contributed by atoms with Crippen molar-refractivity contribution in [3.05, 3.63) is 170 Å². The van der Waals surface area contributed by atoms with Gasteiger partial charge in [0.1, 0.15) is 11.2 Å². The molecule has 0 aliphatic carbocycles. The number of fused-ring (bicyclic) bond motifs is 7. The van der Waals surface area contributed by atoms with Crippen LogP contribution >= 0.6 is 0 Å². The summed E-state index contributed by atoms with van der Waals surface area (Å²) in [6.07, 6.45) is 0. The van der Waals surface area contributed by atoms with Crippen LogP contribution in [0.25, 0.3) is 99.0 Å². The lowest BCUT2D eigenvalue weighted by molar-refractivity contribution is 0.642. The van der Waals surface area contributed by atoms with E-state index in [9.17, 15) is 0 Å². The van der Waals surface area contributed by atoms with Crippen LogP contribution in [-0.4, -0.2) is 4.57 Å². The summed E-state index contributed by atoms with van der Waals surface area (Å²) in [4.78, 5) is 0. The first-order chi connectivity index (χ1) is 29.3. The molecule has 0 radical (unpaired) electrons. The molecule has 0 spiro atoms. The van der Waals surface area contributed by atoms with Crippen LogP contribution in [0.3, 0.4) is 0 Å². The number of furan rings is 1. The molecule has 51 heavy (non-hydrogen) atoms. The molecule has 0 N–H and O–H groups in total. The Labute approximate surface area is 310 Å². The number of hydrogen-bond donors (Lipinski definition) is 0. The maximum Gasteiger partial charge on any atom is 0.144 e. The fraction of sp³-hybridized carbons (Fsp3) is 0.0612. The molecule has 0 saturated heterocycles. The van der Waals surface area contributed by atoms with Crippen LogP contribution < -0.4 is 0 Å². The lowest BCUT2D eigenvalue weighted by Gasteiger charge is -2.17. The van der Waals surface area contributed by atoms with Crippen molar-refractivity contribution in [1.82, 2.24) is 4.57 Å². The van der Waals surface area contributed by atoms with Gasteiger partial charge in [-0.3, -0.25) is 0 Å². The summed E-state index contributed by atoms with van der Waals surface area (Å²) in [6, 6.07) is 31.0. The van der Waals surface area contributed by atoms with E-state index in [0.717, 1.165) is 49.1 Å². The summed E-state index contributed by atoms with van der Waals surface area (Å²) in [5, 5.41) is 5.58. The lowest BCUT2D eigenvalue weighted by Crippen LogP contribution is -1.99. The van der Waals surface area contributed by atoms with Gasteiger partial charge >= 0.3 is 0 Å². The Bertz CT molecular complexity index is 3380. The van der Waals surface area contributed by atoms with Gasteiger partial charge < -0.3 is 8.98 Å². The van der Waals surface area contributed by atoms with Crippen molar-refractivity contribution in [3.8, 4) is 44.5 Å². The second-order valence-corrected chi connectivity index (χ2v) is 13.1. The Morgan fingerprint density at radius 1 is 0.471 bits per heavy atom. The molecule has 0 atom stereocenters. The first kappa shape index (κ1) is 21.0.